The van der Waals surface area contributed by atoms with Crippen LogP contribution in [0.25, 0.3) is 21.7 Å². The molecular weight excluding hydrogens is 340 g/mol. The molecule has 0 N–H and O–H groups in total. The highest BCUT2D eigenvalue weighted by Crippen LogP contribution is 2.22. The van der Waals surface area contributed by atoms with E-state index in [9.17, 15) is 9.59 Å². The minimum atomic E-state index is -0.463. The molecule has 0 aliphatic carbocycles. The summed E-state index contributed by atoms with van der Waals surface area (Å²) in [6.07, 6.45) is 1.71. The Hall–Kier alpha value is -3.47. The Balaban J connectivity index is 1.49. The molecule has 5 heteroatoms. The van der Waals surface area contributed by atoms with Crippen LogP contribution in [0.2, 0.25) is 0 Å². The van der Waals surface area contributed by atoms with Crippen molar-refractivity contribution in [2.24, 2.45) is 0 Å². The van der Waals surface area contributed by atoms with Crippen LogP contribution in [0, 0.1) is 0 Å². The van der Waals surface area contributed by atoms with Gasteiger partial charge in [-0.05, 0) is 47.5 Å². The van der Waals surface area contributed by atoms with Gasteiger partial charge < -0.3 is 4.74 Å². The summed E-state index contributed by atoms with van der Waals surface area (Å²) in [6.45, 7) is 0.711. The number of ether oxygens (including phenoxy) is 1. The van der Waals surface area contributed by atoms with Crippen LogP contribution in [-0.4, -0.2) is 15.5 Å². The van der Waals surface area contributed by atoms with Crippen LogP contribution in [0.15, 0.2) is 65.5 Å². The number of fused-ring (bicyclic) bond motifs is 3. The SMILES string of the molecule is O=C(Oc1ccc2ccccc2c1)c1ccc2c(=O)n3c(nc2c1)CCC3. The van der Waals surface area contributed by atoms with Gasteiger partial charge in [-0.25, -0.2) is 9.78 Å². The normalized spacial score (nSPS) is 13.0. The standard InChI is InChI=1S/C22H16N2O3/c25-21-18-10-8-16(13-19(18)23-20-6-3-11-24(20)21)22(26)27-17-9-7-14-4-1-2-5-15(14)12-17/h1-2,4-5,7-10,12-13H,3,6,11H2. The lowest BCUT2D eigenvalue weighted by Crippen LogP contribution is -2.21. The lowest BCUT2D eigenvalue weighted by Gasteiger charge is -2.08. The van der Waals surface area contributed by atoms with E-state index >= 15 is 0 Å². The monoisotopic (exact) mass is 356 g/mol. The zero-order valence-electron chi connectivity index (χ0n) is 14.5. The number of benzene rings is 3. The number of aromatic nitrogens is 2. The number of hydrogen-bond donors (Lipinski definition) is 0. The van der Waals surface area contributed by atoms with E-state index in [2.05, 4.69) is 4.98 Å². The second-order valence-electron chi connectivity index (χ2n) is 6.72. The molecule has 0 saturated heterocycles. The van der Waals surface area contributed by atoms with E-state index in [1.807, 2.05) is 36.4 Å². The molecule has 1 aliphatic heterocycles. The lowest BCUT2D eigenvalue weighted by molar-refractivity contribution is 0.0735. The smallest absolute Gasteiger partial charge is 0.343 e. The third kappa shape index (κ3) is 2.68. The number of carbonyl (C=O) groups excluding carboxylic acids is 1. The van der Waals surface area contributed by atoms with Gasteiger partial charge in [-0.1, -0.05) is 30.3 Å². The Morgan fingerprint density at radius 2 is 1.85 bits per heavy atom. The molecule has 1 aliphatic rings. The van der Waals surface area contributed by atoms with Gasteiger partial charge in [-0.15, -0.1) is 0 Å². The molecular formula is C22H16N2O3. The molecule has 0 unspecified atom stereocenters. The maximum Gasteiger partial charge on any atom is 0.343 e. The second-order valence-corrected chi connectivity index (χ2v) is 6.72. The predicted octanol–water partition coefficient (Wildman–Crippen LogP) is 3.72. The van der Waals surface area contributed by atoms with Crippen molar-refractivity contribution in [3.8, 4) is 5.75 Å². The van der Waals surface area contributed by atoms with Crippen LogP contribution in [0.4, 0.5) is 0 Å². The van der Waals surface area contributed by atoms with Crippen LogP contribution in [-0.2, 0) is 13.0 Å². The Morgan fingerprint density at radius 1 is 1.00 bits per heavy atom. The van der Waals surface area contributed by atoms with Gasteiger partial charge in [0.15, 0.2) is 0 Å². The highest BCUT2D eigenvalue weighted by molar-refractivity contribution is 5.95. The van der Waals surface area contributed by atoms with E-state index in [4.69, 9.17) is 4.74 Å². The molecule has 4 aromatic rings. The molecule has 2 heterocycles. The minimum Gasteiger partial charge on any atom is -0.423 e. The fraction of sp³-hybridized carbons (Fsp3) is 0.136. The largest absolute Gasteiger partial charge is 0.423 e. The predicted molar refractivity (Wildman–Crippen MR) is 103 cm³/mol. The minimum absolute atomic E-state index is 0.0399. The number of rotatable bonds is 2. The van der Waals surface area contributed by atoms with E-state index in [1.165, 1.54) is 0 Å². The number of esters is 1. The maximum absolute atomic E-state index is 12.6. The van der Waals surface area contributed by atoms with Crippen LogP contribution < -0.4 is 10.3 Å². The summed E-state index contributed by atoms with van der Waals surface area (Å²) in [5.74, 6) is 0.808. The van der Waals surface area contributed by atoms with Crippen molar-refractivity contribution in [1.29, 1.82) is 0 Å². The van der Waals surface area contributed by atoms with Gasteiger partial charge in [-0.3, -0.25) is 9.36 Å². The molecule has 5 rings (SSSR count). The summed E-state index contributed by atoms with van der Waals surface area (Å²) in [4.78, 5) is 29.7. The van der Waals surface area contributed by atoms with Crippen molar-refractivity contribution >= 4 is 27.6 Å². The van der Waals surface area contributed by atoms with Crippen molar-refractivity contribution in [3.63, 3.8) is 0 Å². The van der Waals surface area contributed by atoms with Crippen LogP contribution in [0.3, 0.4) is 0 Å². The topological polar surface area (TPSA) is 61.2 Å². The molecule has 0 atom stereocenters. The maximum atomic E-state index is 12.6. The first-order valence-electron chi connectivity index (χ1n) is 8.93. The molecule has 132 valence electrons. The molecule has 0 amide bonds. The second kappa shape index (κ2) is 6.06. The summed E-state index contributed by atoms with van der Waals surface area (Å²) in [7, 11) is 0. The first-order valence-corrected chi connectivity index (χ1v) is 8.93. The molecule has 3 aromatic carbocycles. The third-order valence-corrected chi connectivity index (χ3v) is 4.98. The number of aryl methyl sites for hydroxylation is 1. The van der Waals surface area contributed by atoms with Crippen molar-refractivity contribution < 1.29 is 9.53 Å². The number of carbonyl (C=O) groups is 1. The summed E-state index contributed by atoms with van der Waals surface area (Å²) in [5, 5.41) is 2.62. The molecule has 0 bridgehead atoms. The average Bonchev–Trinajstić information content (AvgIpc) is 3.16. The molecule has 0 radical (unpaired) electrons. The Kier molecular flexibility index (Phi) is 3.53. The van der Waals surface area contributed by atoms with Crippen molar-refractivity contribution in [2.75, 3.05) is 0 Å². The van der Waals surface area contributed by atoms with Gasteiger partial charge >= 0.3 is 5.97 Å². The average molecular weight is 356 g/mol. The van der Waals surface area contributed by atoms with Crippen LogP contribution in [0.1, 0.15) is 22.6 Å². The summed E-state index contributed by atoms with van der Waals surface area (Å²) in [6, 6.07) is 18.3. The van der Waals surface area contributed by atoms with Gasteiger partial charge in [0.05, 0.1) is 16.5 Å². The lowest BCUT2D eigenvalue weighted by atomic mass is 10.1. The van der Waals surface area contributed by atoms with Gasteiger partial charge in [0.2, 0.25) is 0 Å². The summed E-state index contributed by atoms with van der Waals surface area (Å²) >= 11 is 0. The van der Waals surface area contributed by atoms with E-state index in [1.54, 1.807) is 28.8 Å². The van der Waals surface area contributed by atoms with Gasteiger partial charge in [0.25, 0.3) is 5.56 Å². The fourth-order valence-corrected chi connectivity index (χ4v) is 3.61. The van der Waals surface area contributed by atoms with Crippen molar-refractivity contribution in [1.82, 2.24) is 9.55 Å². The fourth-order valence-electron chi connectivity index (χ4n) is 3.61. The first-order chi connectivity index (χ1) is 13.2. The Labute approximate surface area is 154 Å². The first kappa shape index (κ1) is 15.8. The molecule has 1 aromatic heterocycles. The zero-order chi connectivity index (χ0) is 18.4. The summed E-state index contributed by atoms with van der Waals surface area (Å²) in [5.41, 5.74) is 0.883. The van der Waals surface area contributed by atoms with E-state index in [-0.39, 0.29) is 5.56 Å². The number of nitrogens with zero attached hydrogens (tertiary/aromatic N) is 2. The summed E-state index contributed by atoms with van der Waals surface area (Å²) < 4.78 is 7.25. The van der Waals surface area contributed by atoms with Crippen LogP contribution in [0.5, 0.6) is 5.75 Å². The Bertz CT molecular complexity index is 1270. The highest BCUT2D eigenvalue weighted by atomic mass is 16.5. The highest BCUT2D eigenvalue weighted by Gasteiger charge is 2.17. The zero-order valence-corrected chi connectivity index (χ0v) is 14.5. The van der Waals surface area contributed by atoms with E-state index < -0.39 is 5.97 Å². The van der Waals surface area contributed by atoms with Gasteiger partial charge in [0, 0.05) is 13.0 Å². The van der Waals surface area contributed by atoms with E-state index in [0.717, 1.165) is 29.4 Å². The molecule has 27 heavy (non-hydrogen) atoms. The Morgan fingerprint density at radius 3 is 2.74 bits per heavy atom. The molecule has 0 fully saturated rings. The van der Waals surface area contributed by atoms with Crippen molar-refractivity contribution in [2.45, 2.75) is 19.4 Å². The number of hydrogen-bond acceptors (Lipinski definition) is 4. The van der Waals surface area contributed by atoms with Crippen molar-refractivity contribution in [3.05, 3.63) is 82.4 Å². The third-order valence-electron chi connectivity index (χ3n) is 4.98. The quantitative estimate of drug-likeness (QED) is 0.406. The van der Waals surface area contributed by atoms with Crippen LogP contribution >= 0.6 is 0 Å². The van der Waals surface area contributed by atoms with Gasteiger partial charge in [0.1, 0.15) is 11.6 Å². The molecule has 0 saturated carbocycles. The van der Waals surface area contributed by atoms with E-state index in [0.29, 0.717) is 28.8 Å². The van der Waals surface area contributed by atoms with Gasteiger partial charge in [-0.2, -0.15) is 0 Å². The molecule has 0 spiro atoms. The molecule has 5 nitrogen and oxygen atoms in total.